The molecule has 0 aliphatic carbocycles. The number of anilines is 1. The molecule has 2 N–H and O–H groups in total. The number of pyridine rings is 1. The number of aryl methyl sites for hydroxylation is 1. The van der Waals surface area contributed by atoms with Crippen LogP contribution in [0.4, 0.5) is 5.69 Å². The Bertz CT molecular complexity index is 717. The molecule has 18 heavy (non-hydrogen) atoms. The van der Waals surface area contributed by atoms with Crippen molar-refractivity contribution in [2.24, 2.45) is 0 Å². The van der Waals surface area contributed by atoms with Gasteiger partial charge in [0.15, 0.2) is 0 Å². The molecule has 0 bridgehead atoms. The first kappa shape index (κ1) is 10.8. The van der Waals surface area contributed by atoms with Gasteiger partial charge in [-0.1, -0.05) is 36.4 Å². The third-order valence-corrected chi connectivity index (χ3v) is 3.17. The van der Waals surface area contributed by atoms with Crippen molar-refractivity contribution in [3.05, 3.63) is 60.3 Å². The molecule has 0 saturated carbocycles. The summed E-state index contributed by atoms with van der Waals surface area (Å²) in [6, 6.07) is 18.2. The lowest BCUT2D eigenvalue weighted by Crippen LogP contribution is -1.94. The Kier molecular flexibility index (Phi) is 2.49. The zero-order chi connectivity index (χ0) is 12.5. The summed E-state index contributed by atoms with van der Waals surface area (Å²) >= 11 is 0. The molecule has 2 heteroatoms. The Labute approximate surface area is 106 Å². The van der Waals surface area contributed by atoms with E-state index < -0.39 is 0 Å². The van der Waals surface area contributed by atoms with Gasteiger partial charge in [0.1, 0.15) is 0 Å². The lowest BCUT2D eigenvalue weighted by atomic mass is 10.0. The van der Waals surface area contributed by atoms with Crippen LogP contribution in [0, 0.1) is 6.92 Å². The Morgan fingerprint density at radius 1 is 0.889 bits per heavy atom. The van der Waals surface area contributed by atoms with E-state index in [1.807, 2.05) is 49.4 Å². The first-order valence-electron chi connectivity index (χ1n) is 5.97. The number of rotatable bonds is 1. The number of fused-ring (bicyclic) bond motifs is 1. The molecule has 0 aliphatic heterocycles. The molecule has 3 rings (SSSR count). The van der Waals surface area contributed by atoms with Crippen LogP contribution in [0.25, 0.3) is 22.0 Å². The minimum absolute atomic E-state index is 0.790. The van der Waals surface area contributed by atoms with Gasteiger partial charge in [-0.25, -0.2) is 0 Å². The van der Waals surface area contributed by atoms with Gasteiger partial charge in [-0.15, -0.1) is 0 Å². The highest BCUT2D eigenvalue weighted by Gasteiger charge is 2.07. The Hall–Kier alpha value is -2.35. The predicted octanol–water partition coefficient (Wildman–Crippen LogP) is 3.79. The standard InChI is InChI=1S/C16H14N2/c1-11-14(13-7-3-4-8-15(13)17)10-12-6-2-5-9-16(12)18-11/h2-10H,17H2,1H3. The number of para-hydroxylation sites is 2. The van der Waals surface area contributed by atoms with Crippen LogP contribution in [-0.4, -0.2) is 4.98 Å². The molecule has 0 spiro atoms. The molecule has 88 valence electrons. The summed E-state index contributed by atoms with van der Waals surface area (Å²) in [5.74, 6) is 0. The van der Waals surface area contributed by atoms with Crippen molar-refractivity contribution in [3.63, 3.8) is 0 Å². The number of hydrogen-bond acceptors (Lipinski definition) is 2. The van der Waals surface area contributed by atoms with E-state index in [4.69, 9.17) is 5.73 Å². The lowest BCUT2D eigenvalue weighted by molar-refractivity contribution is 1.26. The predicted molar refractivity (Wildman–Crippen MR) is 76.3 cm³/mol. The molecular weight excluding hydrogens is 220 g/mol. The molecule has 0 amide bonds. The second-order valence-electron chi connectivity index (χ2n) is 4.40. The van der Waals surface area contributed by atoms with E-state index in [1.165, 1.54) is 0 Å². The molecular formula is C16H14N2. The first-order valence-corrected chi connectivity index (χ1v) is 5.97. The molecule has 1 aromatic heterocycles. The topological polar surface area (TPSA) is 38.9 Å². The molecule has 2 nitrogen and oxygen atoms in total. The van der Waals surface area contributed by atoms with Crippen LogP contribution in [0.3, 0.4) is 0 Å². The van der Waals surface area contributed by atoms with Gasteiger partial charge in [-0.2, -0.15) is 0 Å². The smallest absolute Gasteiger partial charge is 0.0705 e. The molecule has 0 aliphatic rings. The monoisotopic (exact) mass is 234 g/mol. The van der Waals surface area contributed by atoms with Crippen molar-refractivity contribution in [1.29, 1.82) is 0 Å². The third kappa shape index (κ3) is 1.72. The molecule has 1 heterocycles. The molecule has 0 atom stereocenters. The molecule has 2 aromatic carbocycles. The zero-order valence-corrected chi connectivity index (χ0v) is 10.2. The average molecular weight is 234 g/mol. The fourth-order valence-corrected chi connectivity index (χ4v) is 2.23. The fraction of sp³-hybridized carbons (Fsp3) is 0.0625. The molecule has 0 saturated heterocycles. The van der Waals surface area contributed by atoms with Gasteiger partial charge in [0.05, 0.1) is 5.52 Å². The summed E-state index contributed by atoms with van der Waals surface area (Å²) in [5, 5.41) is 1.14. The van der Waals surface area contributed by atoms with Crippen LogP contribution in [0.2, 0.25) is 0 Å². The van der Waals surface area contributed by atoms with Crippen LogP contribution in [0.1, 0.15) is 5.69 Å². The van der Waals surface area contributed by atoms with Gasteiger partial charge in [0.2, 0.25) is 0 Å². The van der Waals surface area contributed by atoms with Crippen molar-refractivity contribution in [2.75, 3.05) is 5.73 Å². The summed E-state index contributed by atoms with van der Waals surface area (Å²) in [5.41, 5.74) is 11.0. The number of benzene rings is 2. The number of nitrogen functional groups attached to an aromatic ring is 1. The fourth-order valence-electron chi connectivity index (χ4n) is 2.23. The van der Waals surface area contributed by atoms with Crippen molar-refractivity contribution >= 4 is 16.6 Å². The van der Waals surface area contributed by atoms with E-state index >= 15 is 0 Å². The lowest BCUT2D eigenvalue weighted by Gasteiger charge is -2.10. The second kappa shape index (κ2) is 4.15. The summed E-state index contributed by atoms with van der Waals surface area (Å²) in [6.07, 6.45) is 0. The first-order chi connectivity index (χ1) is 8.75. The van der Waals surface area contributed by atoms with Crippen LogP contribution in [0.15, 0.2) is 54.6 Å². The normalized spacial score (nSPS) is 10.7. The van der Waals surface area contributed by atoms with E-state index in [-0.39, 0.29) is 0 Å². The Balaban J connectivity index is 2.30. The van der Waals surface area contributed by atoms with Crippen LogP contribution < -0.4 is 5.73 Å². The summed E-state index contributed by atoms with van der Waals surface area (Å²) in [6.45, 7) is 2.02. The third-order valence-electron chi connectivity index (χ3n) is 3.17. The summed E-state index contributed by atoms with van der Waals surface area (Å²) in [7, 11) is 0. The molecule has 0 fully saturated rings. The minimum Gasteiger partial charge on any atom is -0.398 e. The molecule has 0 radical (unpaired) electrons. The van der Waals surface area contributed by atoms with Gasteiger partial charge in [0.25, 0.3) is 0 Å². The van der Waals surface area contributed by atoms with Gasteiger partial charge in [-0.3, -0.25) is 4.98 Å². The SMILES string of the molecule is Cc1nc2ccccc2cc1-c1ccccc1N. The van der Waals surface area contributed by atoms with Crippen molar-refractivity contribution in [3.8, 4) is 11.1 Å². The Morgan fingerprint density at radius 3 is 2.44 bits per heavy atom. The van der Waals surface area contributed by atoms with Gasteiger partial charge in [-0.05, 0) is 25.1 Å². The van der Waals surface area contributed by atoms with Crippen molar-refractivity contribution < 1.29 is 0 Å². The second-order valence-corrected chi connectivity index (χ2v) is 4.40. The number of nitrogens with two attached hydrogens (primary N) is 1. The van der Waals surface area contributed by atoms with E-state index in [0.29, 0.717) is 0 Å². The van der Waals surface area contributed by atoms with Crippen LogP contribution >= 0.6 is 0 Å². The zero-order valence-electron chi connectivity index (χ0n) is 10.2. The summed E-state index contributed by atoms with van der Waals surface area (Å²) in [4.78, 5) is 4.64. The van der Waals surface area contributed by atoms with E-state index in [9.17, 15) is 0 Å². The van der Waals surface area contributed by atoms with Gasteiger partial charge >= 0.3 is 0 Å². The highest BCUT2D eigenvalue weighted by molar-refractivity contribution is 5.87. The quantitative estimate of drug-likeness (QED) is 0.650. The van der Waals surface area contributed by atoms with E-state index in [0.717, 1.165) is 33.4 Å². The minimum atomic E-state index is 0.790. The Morgan fingerprint density at radius 2 is 1.61 bits per heavy atom. The summed E-state index contributed by atoms with van der Waals surface area (Å²) < 4.78 is 0. The van der Waals surface area contributed by atoms with Gasteiger partial charge in [0, 0.05) is 27.9 Å². The highest BCUT2D eigenvalue weighted by atomic mass is 14.7. The van der Waals surface area contributed by atoms with Gasteiger partial charge < -0.3 is 5.73 Å². The number of nitrogens with zero attached hydrogens (tertiary/aromatic N) is 1. The number of aromatic nitrogens is 1. The average Bonchev–Trinajstić information content (AvgIpc) is 2.39. The number of hydrogen-bond donors (Lipinski definition) is 1. The van der Waals surface area contributed by atoms with Crippen LogP contribution in [0.5, 0.6) is 0 Å². The maximum atomic E-state index is 6.04. The maximum Gasteiger partial charge on any atom is 0.0705 e. The molecule has 0 unspecified atom stereocenters. The van der Waals surface area contributed by atoms with Crippen molar-refractivity contribution in [2.45, 2.75) is 6.92 Å². The maximum absolute atomic E-state index is 6.04. The highest BCUT2D eigenvalue weighted by Crippen LogP contribution is 2.30. The largest absolute Gasteiger partial charge is 0.398 e. The molecule has 3 aromatic rings. The van der Waals surface area contributed by atoms with Crippen LogP contribution in [-0.2, 0) is 0 Å². The van der Waals surface area contributed by atoms with Crippen molar-refractivity contribution in [1.82, 2.24) is 4.98 Å². The van der Waals surface area contributed by atoms with E-state index in [1.54, 1.807) is 0 Å². The van der Waals surface area contributed by atoms with E-state index in [2.05, 4.69) is 17.1 Å².